The predicted molar refractivity (Wildman–Crippen MR) is 153 cm³/mol. The van der Waals surface area contributed by atoms with Gasteiger partial charge in [-0.05, 0) is 72.2 Å². The highest BCUT2D eigenvalue weighted by molar-refractivity contribution is 5.91. The van der Waals surface area contributed by atoms with Crippen LogP contribution in [0.1, 0.15) is 47.1 Å². The summed E-state index contributed by atoms with van der Waals surface area (Å²) in [4.78, 5) is 38.6. The van der Waals surface area contributed by atoms with Gasteiger partial charge in [0.2, 0.25) is 11.2 Å². The van der Waals surface area contributed by atoms with E-state index in [0.717, 1.165) is 5.57 Å². The van der Waals surface area contributed by atoms with Crippen LogP contribution in [0.2, 0.25) is 0 Å². The Morgan fingerprint density at radius 2 is 1.56 bits per heavy atom. The summed E-state index contributed by atoms with van der Waals surface area (Å²) in [5.74, 6) is -1.24. The molecule has 2 unspecified atom stereocenters. The molecule has 0 saturated carbocycles. The van der Waals surface area contributed by atoms with Gasteiger partial charge in [-0.25, -0.2) is 9.59 Å². The lowest BCUT2D eigenvalue weighted by atomic mass is 10.0. The van der Waals surface area contributed by atoms with Crippen molar-refractivity contribution >= 4 is 22.9 Å². The fourth-order valence-corrected chi connectivity index (χ4v) is 3.99. The number of hydrogen-bond acceptors (Lipinski definition) is 10. The Labute approximate surface area is 238 Å². The molecule has 1 heterocycles. The van der Waals surface area contributed by atoms with Crippen LogP contribution in [0.25, 0.3) is 22.3 Å². The Bertz CT molecular complexity index is 1480. The Morgan fingerprint density at radius 1 is 0.976 bits per heavy atom. The van der Waals surface area contributed by atoms with E-state index in [9.17, 15) is 19.5 Å². The number of esters is 2. The molecule has 3 rings (SSSR count). The molecular formula is C31H36O10. The highest BCUT2D eigenvalue weighted by Gasteiger charge is 2.28. The first-order chi connectivity index (χ1) is 19.5. The molecule has 10 nitrogen and oxygen atoms in total. The number of hydrogen-bond donors (Lipinski definition) is 1. The molecule has 220 valence electrons. The van der Waals surface area contributed by atoms with Crippen molar-refractivity contribution in [3.05, 3.63) is 57.8 Å². The first-order valence-electron chi connectivity index (χ1n) is 13.3. The van der Waals surface area contributed by atoms with Crippen molar-refractivity contribution in [3.63, 3.8) is 0 Å². The maximum absolute atomic E-state index is 13.9. The first-order valence-corrected chi connectivity index (χ1v) is 13.3. The second-order valence-electron chi connectivity index (χ2n) is 9.40. The number of benzene rings is 2. The fourth-order valence-electron chi connectivity index (χ4n) is 3.99. The first kappa shape index (κ1) is 31.1. The second-order valence-corrected chi connectivity index (χ2v) is 9.40. The number of allylic oxidation sites excluding steroid dienone is 2. The van der Waals surface area contributed by atoms with Crippen LogP contribution in [-0.4, -0.2) is 49.6 Å². The quantitative estimate of drug-likeness (QED) is 0.225. The summed E-state index contributed by atoms with van der Waals surface area (Å²) in [6.45, 7) is 10.4. The second kappa shape index (κ2) is 13.7. The van der Waals surface area contributed by atoms with E-state index in [4.69, 9.17) is 28.1 Å². The van der Waals surface area contributed by atoms with Crippen molar-refractivity contribution in [2.45, 2.75) is 60.2 Å². The third kappa shape index (κ3) is 7.19. The average Bonchev–Trinajstić information content (AvgIpc) is 2.93. The highest BCUT2D eigenvalue weighted by Crippen LogP contribution is 2.40. The van der Waals surface area contributed by atoms with E-state index in [2.05, 4.69) is 0 Å². The van der Waals surface area contributed by atoms with Gasteiger partial charge in [-0.3, -0.25) is 4.79 Å². The van der Waals surface area contributed by atoms with Crippen LogP contribution in [0.5, 0.6) is 23.0 Å². The molecule has 2 aromatic carbocycles. The molecule has 0 amide bonds. The Hall–Kier alpha value is -4.47. The molecule has 0 aliphatic carbocycles. The van der Waals surface area contributed by atoms with Crippen molar-refractivity contribution in [3.8, 4) is 34.3 Å². The SMILES string of the molecule is CCOC(=O)C(C)Oc1cc(O)c2c(=O)c(OC(C)C(=O)OCC)c(-c3ccc(OC)cc3)oc2c1CC=C(C)C. The van der Waals surface area contributed by atoms with E-state index in [-0.39, 0.29) is 47.9 Å². The van der Waals surface area contributed by atoms with Crippen LogP contribution in [-0.2, 0) is 25.5 Å². The summed E-state index contributed by atoms with van der Waals surface area (Å²) in [6, 6.07) is 7.96. The number of carbonyl (C=O) groups is 2. The van der Waals surface area contributed by atoms with E-state index < -0.39 is 35.3 Å². The zero-order chi connectivity index (χ0) is 30.3. The van der Waals surface area contributed by atoms with Gasteiger partial charge in [-0.2, -0.15) is 0 Å². The number of fused-ring (bicyclic) bond motifs is 1. The maximum Gasteiger partial charge on any atom is 0.347 e. The topological polar surface area (TPSA) is 131 Å². The maximum atomic E-state index is 13.9. The lowest BCUT2D eigenvalue weighted by Crippen LogP contribution is -2.28. The van der Waals surface area contributed by atoms with Gasteiger partial charge in [-0.15, -0.1) is 0 Å². The van der Waals surface area contributed by atoms with Crippen molar-refractivity contribution in [1.29, 1.82) is 0 Å². The molecule has 0 radical (unpaired) electrons. The van der Waals surface area contributed by atoms with Crippen LogP contribution in [0.3, 0.4) is 0 Å². The lowest BCUT2D eigenvalue weighted by Gasteiger charge is -2.20. The minimum Gasteiger partial charge on any atom is -0.507 e. The normalized spacial score (nSPS) is 12.3. The van der Waals surface area contributed by atoms with Crippen molar-refractivity contribution < 1.29 is 42.8 Å². The van der Waals surface area contributed by atoms with Gasteiger partial charge >= 0.3 is 11.9 Å². The average molecular weight is 569 g/mol. The number of aromatic hydroxyl groups is 1. The molecule has 1 aromatic heterocycles. The monoisotopic (exact) mass is 568 g/mol. The van der Waals surface area contributed by atoms with Crippen LogP contribution in [0, 0.1) is 0 Å². The minimum atomic E-state index is -1.15. The van der Waals surface area contributed by atoms with E-state index >= 15 is 0 Å². The predicted octanol–water partition coefficient (Wildman–Crippen LogP) is 5.34. The summed E-state index contributed by atoms with van der Waals surface area (Å²) in [5.41, 5.74) is 1.20. The highest BCUT2D eigenvalue weighted by atomic mass is 16.6. The van der Waals surface area contributed by atoms with Crippen LogP contribution < -0.4 is 19.6 Å². The van der Waals surface area contributed by atoms with E-state index in [1.807, 2.05) is 19.9 Å². The van der Waals surface area contributed by atoms with Crippen LogP contribution in [0.15, 0.2) is 51.2 Å². The summed E-state index contributed by atoms with van der Waals surface area (Å²) < 4.78 is 33.4. The summed E-state index contributed by atoms with van der Waals surface area (Å²) >= 11 is 0. The Balaban J connectivity index is 2.35. The summed E-state index contributed by atoms with van der Waals surface area (Å²) in [6.07, 6.45) is 0.00767. The Kier molecular flexibility index (Phi) is 10.4. The van der Waals surface area contributed by atoms with E-state index in [0.29, 0.717) is 16.9 Å². The van der Waals surface area contributed by atoms with Crippen molar-refractivity contribution in [2.75, 3.05) is 20.3 Å². The third-order valence-electron chi connectivity index (χ3n) is 6.07. The Morgan fingerprint density at radius 3 is 2.10 bits per heavy atom. The van der Waals surface area contributed by atoms with Crippen molar-refractivity contribution in [1.82, 2.24) is 0 Å². The van der Waals surface area contributed by atoms with Gasteiger partial charge in [0, 0.05) is 17.2 Å². The molecule has 0 fully saturated rings. The van der Waals surface area contributed by atoms with Gasteiger partial charge in [0.05, 0.1) is 20.3 Å². The molecule has 0 spiro atoms. The molecule has 0 saturated heterocycles. The zero-order valence-corrected chi connectivity index (χ0v) is 24.4. The van der Waals surface area contributed by atoms with Gasteiger partial charge < -0.3 is 33.2 Å². The van der Waals surface area contributed by atoms with Gasteiger partial charge in [0.15, 0.2) is 18.0 Å². The largest absolute Gasteiger partial charge is 0.507 e. The summed E-state index contributed by atoms with van der Waals surface area (Å²) in [5, 5.41) is 10.9. The summed E-state index contributed by atoms with van der Waals surface area (Å²) in [7, 11) is 1.53. The van der Waals surface area contributed by atoms with Crippen LogP contribution >= 0.6 is 0 Å². The number of carbonyl (C=O) groups excluding carboxylic acids is 2. The third-order valence-corrected chi connectivity index (χ3v) is 6.07. The minimum absolute atomic E-state index is 0.0229. The van der Waals surface area contributed by atoms with Gasteiger partial charge in [-0.1, -0.05) is 11.6 Å². The number of phenolic OH excluding ortho intramolecular Hbond substituents is 1. The van der Waals surface area contributed by atoms with Gasteiger partial charge in [0.1, 0.15) is 28.2 Å². The molecule has 10 heteroatoms. The fraction of sp³-hybridized carbons (Fsp3) is 0.387. The number of rotatable bonds is 12. The molecule has 3 aromatic rings. The number of methoxy groups -OCH3 is 1. The van der Waals surface area contributed by atoms with Gasteiger partial charge in [0.25, 0.3) is 0 Å². The number of phenols is 1. The molecule has 41 heavy (non-hydrogen) atoms. The van der Waals surface area contributed by atoms with E-state index in [1.54, 1.807) is 38.1 Å². The number of ether oxygens (including phenoxy) is 5. The molecule has 0 aliphatic heterocycles. The molecule has 2 atom stereocenters. The molecule has 0 bridgehead atoms. The van der Waals surface area contributed by atoms with Crippen LogP contribution in [0.4, 0.5) is 0 Å². The van der Waals surface area contributed by atoms with E-state index in [1.165, 1.54) is 27.0 Å². The lowest BCUT2D eigenvalue weighted by molar-refractivity contribution is -0.151. The molecule has 0 aliphatic rings. The smallest absolute Gasteiger partial charge is 0.347 e. The molecule has 1 N–H and O–H groups in total. The zero-order valence-electron chi connectivity index (χ0n) is 24.4. The molecular weight excluding hydrogens is 532 g/mol. The van der Waals surface area contributed by atoms with Crippen molar-refractivity contribution in [2.24, 2.45) is 0 Å². The standard InChI is InChI=1S/C31H36O10/c1-8-37-30(34)18(5)39-24-16-23(32)25-26(33)29(40-19(6)31(35)38-9-2)27(20-11-13-21(36-7)14-12-20)41-28(25)22(24)15-10-17(3)4/h10-14,16,18-19,32H,8-9,15H2,1-7H3.